The Hall–Kier alpha value is -1.59. The van der Waals surface area contributed by atoms with Crippen LogP contribution in [0.25, 0.3) is 0 Å². The number of aliphatic hydroxyl groups excluding tert-OH is 1. The Kier molecular flexibility index (Phi) is 5.18. The number of carbonyl (C=O) groups excluding carboxylic acids is 1. The van der Waals surface area contributed by atoms with E-state index in [-0.39, 0.29) is 5.91 Å². The second-order valence-electron chi connectivity index (χ2n) is 6.67. The third-order valence-electron chi connectivity index (χ3n) is 4.90. The van der Waals surface area contributed by atoms with Crippen LogP contribution in [0.4, 0.5) is 5.69 Å². The summed E-state index contributed by atoms with van der Waals surface area (Å²) < 4.78 is 0. The Morgan fingerprint density at radius 1 is 1.09 bits per heavy atom. The average Bonchev–Trinajstić information content (AvgIpc) is 2.94. The fourth-order valence-corrected chi connectivity index (χ4v) is 3.60. The molecule has 1 aromatic carbocycles. The van der Waals surface area contributed by atoms with Crippen LogP contribution in [-0.2, 0) is 4.79 Å². The van der Waals surface area contributed by atoms with Gasteiger partial charge in [0.2, 0.25) is 5.91 Å². The average molecular weight is 317 g/mol. The van der Waals surface area contributed by atoms with E-state index in [4.69, 9.17) is 0 Å². The second-order valence-corrected chi connectivity index (χ2v) is 6.67. The Morgan fingerprint density at radius 3 is 2.48 bits per heavy atom. The van der Waals surface area contributed by atoms with E-state index < -0.39 is 6.10 Å². The van der Waals surface area contributed by atoms with Gasteiger partial charge >= 0.3 is 0 Å². The van der Waals surface area contributed by atoms with Crippen LogP contribution in [0.3, 0.4) is 0 Å². The molecule has 0 saturated carbocycles. The van der Waals surface area contributed by atoms with Gasteiger partial charge in [-0.25, -0.2) is 0 Å². The number of rotatable bonds is 5. The smallest absolute Gasteiger partial charge is 0.222 e. The molecule has 1 aromatic rings. The molecule has 2 saturated heterocycles. The van der Waals surface area contributed by atoms with Gasteiger partial charge in [0.05, 0.1) is 6.10 Å². The Labute approximate surface area is 138 Å². The maximum absolute atomic E-state index is 11.6. The lowest BCUT2D eigenvalue weighted by Gasteiger charge is -2.37. The monoisotopic (exact) mass is 317 g/mol. The largest absolute Gasteiger partial charge is 0.390 e. The van der Waals surface area contributed by atoms with Gasteiger partial charge in [0.15, 0.2) is 0 Å². The predicted molar refractivity (Wildman–Crippen MR) is 91.7 cm³/mol. The first-order valence-corrected chi connectivity index (χ1v) is 8.62. The summed E-state index contributed by atoms with van der Waals surface area (Å²) in [7, 11) is 0. The fourth-order valence-electron chi connectivity index (χ4n) is 3.60. The zero-order valence-electron chi connectivity index (χ0n) is 13.9. The number of benzene rings is 1. The minimum Gasteiger partial charge on any atom is -0.390 e. The van der Waals surface area contributed by atoms with E-state index in [2.05, 4.69) is 41.0 Å². The van der Waals surface area contributed by atoms with Crippen molar-refractivity contribution in [2.75, 3.05) is 50.7 Å². The number of anilines is 1. The molecule has 2 heterocycles. The van der Waals surface area contributed by atoms with Crippen LogP contribution in [0.1, 0.15) is 18.4 Å². The molecule has 1 N–H and O–H groups in total. The summed E-state index contributed by atoms with van der Waals surface area (Å²) in [5.41, 5.74) is 2.63. The van der Waals surface area contributed by atoms with E-state index in [9.17, 15) is 9.90 Å². The molecule has 23 heavy (non-hydrogen) atoms. The van der Waals surface area contributed by atoms with Gasteiger partial charge in [-0.15, -0.1) is 0 Å². The number of nitrogens with zero attached hydrogens (tertiary/aromatic N) is 3. The maximum atomic E-state index is 11.6. The number of piperazine rings is 1. The highest BCUT2D eigenvalue weighted by Gasteiger charge is 2.25. The quantitative estimate of drug-likeness (QED) is 0.883. The van der Waals surface area contributed by atoms with Crippen molar-refractivity contribution in [3.05, 3.63) is 29.8 Å². The van der Waals surface area contributed by atoms with Gasteiger partial charge in [-0.3, -0.25) is 9.69 Å². The molecule has 1 amide bonds. The number of likely N-dealkylation sites (tertiary alicyclic amines) is 1. The highest BCUT2D eigenvalue weighted by molar-refractivity contribution is 5.78. The van der Waals surface area contributed by atoms with Crippen molar-refractivity contribution < 1.29 is 9.90 Å². The number of hydrogen-bond acceptors (Lipinski definition) is 4. The van der Waals surface area contributed by atoms with Crippen molar-refractivity contribution in [1.29, 1.82) is 0 Å². The van der Waals surface area contributed by atoms with Crippen LogP contribution in [0, 0.1) is 6.92 Å². The number of amides is 1. The van der Waals surface area contributed by atoms with Gasteiger partial charge in [-0.05, 0) is 25.0 Å². The van der Waals surface area contributed by atoms with Gasteiger partial charge in [0.25, 0.3) is 0 Å². The number of aliphatic hydroxyl groups is 1. The maximum Gasteiger partial charge on any atom is 0.222 e. The summed E-state index contributed by atoms with van der Waals surface area (Å²) in [5, 5.41) is 10.3. The first kappa shape index (κ1) is 16.3. The number of para-hydroxylation sites is 1. The molecule has 126 valence electrons. The summed E-state index contributed by atoms with van der Waals surface area (Å²) in [6.45, 7) is 7.98. The van der Waals surface area contributed by atoms with Crippen molar-refractivity contribution in [2.45, 2.75) is 25.9 Å². The molecular weight excluding hydrogens is 290 g/mol. The molecule has 1 atom stereocenters. The zero-order valence-corrected chi connectivity index (χ0v) is 13.9. The van der Waals surface area contributed by atoms with Crippen LogP contribution in [0.2, 0.25) is 0 Å². The van der Waals surface area contributed by atoms with Crippen molar-refractivity contribution in [1.82, 2.24) is 9.80 Å². The molecule has 2 aliphatic rings. The molecule has 5 heteroatoms. The topological polar surface area (TPSA) is 47.0 Å². The molecule has 0 aromatic heterocycles. The minimum absolute atomic E-state index is 0.188. The standard InChI is InChI=1S/C18H27N3O2/c1-15-5-2-3-6-17(15)20-11-9-19(10-12-20)13-16(22)14-21-8-4-7-18(21)23/h2-3,5-6,16,22H,4,7-14H2,1H3. The van der Waals surface area contributed by atoms with E-state index in [1.54, 1.807) is 4.90 Å². The lowest BCUT2D eigenvalue weighted by molar-refractivity contribution is -0.129. The second kappa shape index (κ2) is 7.32. The normalized spacial score (nSPS) is 21.0. The number of hydrogen-bond donors (Lipinski definition) is 1. The lowest BCUT2D eigenvalue weighted by atomic mass is 10.1. The van der Waals surface area contributed by atoms with Gasteiger partial charge < -0.3 is 14.9 Å². The SMILES string of the molecule is Cc1ccccc1N1CCN(CC(O)CN2CCCC2=O)CC1. The third kappa shape index (κ3) is 4.03. The van der Waals surface area contributed by atoms with Crippen LogP contribution >= 0.6 is 0 Å². The zero-order chi connectivity index (χ0) is 16.2. The molecular formula is C18H27N3O2. The number of β-amino-alcohol motifs (C(OH)–C–C–N with tert-alkyl or cyclic N) is 1. The summed E-state index contributed by atoms with van der Waals surface area (Å²) in [4.78, 5) is 18.2. The van der Waals surface area contributed by atoms with Gasteiger partial charge in [0.1, 0.15) is 0 Å². The number of carbonyl (C=O) groups is 1. The molecule has 2 aliphatic heterocycles. The lowest BCUT2D eigenvalue weighted by Crippen LogP contribution is -2.50. The molecule has 0 bridgehead atoms. The Bertz CT molecular complexity index is 541. The molecule has 0 aliphatic carbocycles. The van der Waals surface area contributed by atoms with Crippen LogP contribution < -0.4 is 4.90 Å². The summed E-state index contributed by atoms with van der Waals surface area (Å²) in [6.07, 6.45) is 1.13. The molecule has 3 rings (SSSR count). The molecule has 2 fully saturated rings. The van der Waals surface area contributed by atoms with Gasteiger partial charge in [-0.1, -0.05) is 18.2 Å². The van der Waals surface area contributed by atoms with E-state index in [0.29, 0.717) is 19.5 Å². The van der Waals surface area contributed by atoms with E-state index in [1.807, 2.05) is 0 Å². The fraction of sp³-hybridized carbons (Fsp3) is 0.611. The summed E-state index contributed by atoms with van der Waals surface area (Å²) in [5.74, 6) is 0.188. The minimum atomic E-state index is -0.443. The Morgan fingerprint density at radius 2 is 1.83 bits per heavy atom. The van der Waals surface area contributed by atoms with E-state index in [1.165, 1.54) is 11.3 Å². The third-order valence-corrected chi connectivity index (χ3v) is 4.90. The van der Waals surface area contributed by atoms with Crippen molar-refractivity contribution in [2.24, 2.45) is 0 Å². The molecule has 5 nitrogen and oxygen atoms in total. The van der Waals surface area contributed by atoms with Crippen LogP contribution in [-0.4, -0.2) is 72.7 Å². The highest BCUT2D eigenvalue weighted by Crippen LogP contribution is 2.21. The van der Waals surface area contributed by atoms with Crippen LogP contribution in [0.15, 0.2) is 24.3 Å². The van der Waals surface area contributed by atoms with E-state index in [0.717, 1.165) is 39.1 Å². The summed E-state index contributed by atoms with van der Waals surface area (Å²) in [6, 6.07) is 8.49. The highest BCUT2D eigenvalue weighted by atomic mass is 16.3. The van der Waals surface area contributed by atoms with Crippen molar-refractivity contribution >= 4 is 11.6 Å². The van der Waals surface area contributed by atoms with Crippen molar-refractivity contribution in [3.8, 4) is 0 Å². The first-order valence-electron chi connectivity index (χ1n) is 8.62. The molecule has 0 spiro atoms. The number of aryl methyl sites for hydroxylation is 1. The molecule has 0 radical (unpaired) electrons. The summed E-state index contributed by atoms with van der Waals surface area (Å²) >= 11 is 0. The van der Waals surface area contributed by atoms with Gasteiger partial charge in [-0.2, -0.15) is 0 Å². The first-order chi connectivity index (χ1) is 11.1. The van der Waals surface area contributed by atoms with Crippen molar-refractivity contribution in [3.63, 3.8) is 0 Å². The van der Waals surface area contributed by atoms with Crippen LogP contribution in [0.5, 0.6) is 0 Å². The predicted octanol–water partition coefficient (Wildman–Crippen LogP) is 1.10. The van der Waals surface area contributed by atoms with E-state index >= 15 is 0 Å². The Balaban J connectivity index is 1.45. The molecule has 1 unspecified atom stereocenters. The van der Waals surface area contributed by atoms with Gasteiger partial charge in [0, 0.05) is 57.9 Å².